The molecule has 0 saturated carbocycles. The average molecular weight is 513 g/mol. The topological polar surface area (TPSA) is 88.0 Å². The van der Waals surface area contributed by atoms with E-state index in [4.69, 9.17) is 16.7 Å². The summed E-state index contributed by atoms with van der Waals surface area (Å²) in [5.74, 6) is -2.22. The third-order valence-electron chi connectivity index (χ3n) is 5.43. The average Bonchev–Trinajstić information content (AvgIpc) is 2.83. The number of carboxylic acids is 1. The summed E-state index contributed by atoms with van der Waals surface area (Å²) in [6.07, 6.45) is -3.52. The molecule has 0 aliphatic carbocycles. The van der Waals surface area contributed by atoms with Crippen molar-refractivity contribution >= 4 is 51.0 Å². The van der Waals surface area contributed by atoms with Crippen LogP contribution < -0.4 is 5.32 Å². The van der Waals surface area contributed by atoms with Crippen LogP contribution in [0.1, 0.15) is 15.9 Å². The van der Waals surface area contributed by atoms with E-state index in [1.807, 2.05) is 0 Å². The maximum Gasteiger partial charge on any atom is 0.417 e. The number of rotatable bonds is 4. The first-order chi connectivity index (χ1) is 17.1. The van der Waals surface area contributed by atoms with Crippen LogP contribution in [0, 0.1) is 5.82 Å². The molecule has 2 heterocycles. The Kier molecular flexibility index (Phi) is 5.68. The molecule has 0 unspecified atom stereocenters. The Morgan fingerprint density at radius 1 is 0.972 bits per heavy atom. The van der Waals surface area contributed by atoms with E-state index in [9.17, 15) is 22.4 Å². The lowest BCUT2D eigenvalue weighted by atomic mass is 10.0. The summed E-state index contributed by atoms with van der Waals surface area (Å²) >= 11 is 6.19. The number of anilines is 2. The van der Waals surface area contributed by atoms with Crippen LogP contribution in [0.3, 0.4) is 0 Å². The van der Waals surface area contributed by atoms with Crippen molar-refractivity contribution in [3.05, 3.63) is 88.8 Å². The zero-order chi connectivity index (χ0) is 25.6. The zero-order valence-corrected chi connectivity index (χ0v) is 18.7. The Labute approximate surface area is 205 Å². The summed E-state index contributed by atoms with van der Waals surface area (Å²) in [6, 6.07) is 13.8. The second kappa shape index (κ2) is 8.72. The summed E-state index contributed by atoms with van der Waals surface area (Å²) in [5, 5.41) is 13.3. The lowest BCUT2D eigenvalue weighted by molar-refractivity contribution is -0.138. The maximum absolute atomic E-state index is 14.6. The predicted molar refractivity (Wildman–Crippen MR) is 127 cm³/mol. The molecule has 0 fully saturated rings. The molecule has 36 heavy (non-hydrogen) atoms. The SMILES string of the molecule is O=C(O)c1ccc(Nc2ncc3nc(-c4ccccc4F)c4cc(Cl)ccc4c3n2)cc1C(F)(F)F. The van der Waals surface area contributed by atoms with Crippen molar-refractivity contribution in [2.75, 3.05) is 5.32 Å². The molecule has 0 radical (unpaired) electrons. The van der Waals surface area contributed by atoms with Crippen molar-refractivity contribution in [3.63, 3.8) is 0 Å². The van der Waals surface area contributed by atoms with Gasteiger partial charge in [-0.15, -0.1) is 0 Å². The number of nitrogens with one attached hydrogen (secondary N) is 1. The van der Waals surface area contributed by atoms with Gasteiger partial charge in [-0.3, -0.25) is 0 Å². The minimum Gasteiger partial charge on any atom is -0.478 e. The van der Waals surface area contributed by atoms with Crippen LogP contribution >= 0.6 is 11.6 Å². The number of hydrogen-bond donors (Lipinski definition) is 2. The highest BCUT2D eigenvalue weighted by Gasteiger charge is 2.35. The molecule has 0 saturated heterocycles. The minimum absolute atomic E-state index is 0.0459. The van der Waals surface area contributed by atoms with E-state index < -0.39 is 29.1 Å². The van der Waals surface area contributed by atoms with E-state index in [0.29, 0.717) is 38.6 Å². The van der Waals surface area contributed by atoms with E-state index in [2.05, 4.69) is 20.3 Å². The van der Waals surface area contributed by atoms with Gasteiger partial charge in [-0.1, -0.05) is 29.8 Å². The molecule has 5 rings (SSSR count). The van der Waals surface area contributed by atoms with E-state index in [-0.39, 0.29) is 17.2 Å². The number of fused-ring (bicyclic) bond motifs is 3. The van der Waals surface area contributed by atoms with Crippen molar-refractivity contribution < 1.29 is 27.5 Å². The Bertz CT molecular complexity index is 1670. The van der Waals surface area contributed by atoms with Gasteiger partial charge in [0.05, 0.1) is 23.0 Å². The standard InChI is InChI=1S/C25H13ClF4N4O2/c26-12-5-7-14-17(9-12)21(16-3-1-2-4-19(16)27)33-20-11-31-24(34-22(14)20)32-13-6-8-15(23(35)36)18(10-13)25(28,29)30/h1-11H,(H,35,36)(H,31,32,34). The van der Waals surface area contributed by atoms with Crippen LogP contribution in [0.5, 0.6) is 0 Å². The summed E-state index contributed by atoms with van der Waals surface area (Å²) in [5.41, 5.74) is -0.968. The molecule has 3 aromatic carbocycles. The minimum atomic E-state index is -4.88. The first-order valence-corrected chi connectivity index (χ1v) is 10.7. The monoisotopic (exact) mass is 512 g/mol. The van der Waals surface area contributed by atoms with Gasteiger partial charge in [0.2, 0.25) is 5.95 Å². The molecule has 11 heteroatoms. The Balaban J connectivity index is 1.64. The van der Waals surface area contributed by atoms with Gasteiger partial charge >= 0.3 is 12.1 Å². The molecular weight excluding hydrogens is 500 g/mol. The van der Waals surface area contributed by atoms with Crippen LogP contribution in [0.25, 0.3) is 33.1 Å². The Hall–Kier alpha value is -4.31. The Morgan fingerprint density at radius 3 is 2.47 bits per heavy atom. The van der Waals surface area contributed by atoms with Gasteiger partial charge < -0.3 is 10.4 Å². The summed E-state index contributed by atoms with van der Waals surface area (Å²) in [6.45, 7) is 0. The molecule has 6 nitrogen and oxygen atoms in total. The van der Waals surface area contributed by atoms with Crippen molar-refractivity contribution in [3.8, 4) is 11.3 Å². The molecule has 2 N–H and O–H groups in total. The fourth-order valence-electron chi connectivity index (χ4n) is 3.85. The molecule has 2 aromatic heterocycles. The fourth-order valence-corrected chi connectivity index (χ4v) is 4.02. The van der Waals surface area contributed by atoms with Crippen molar-refractivity contribution in [1.82, 2.24) is 15.0 Å². The van der Waals surface area contributed by atoms with Crippen molar-refractivity contribution in [2.45, 2.75) is 6.18 Å². The number of aromatic carboxylic acids is 1. The van der Waals surface area contributed by atoms with Crippen LogP contribution in [0.4, 0.5) is 29.2 Å². The largest absolute Gasteiger partial charge is 0.478 e. The third kappa shape index (κ3) is 4.27. The van der Waals surface area contributed by atoms with Crippen LogP contribution in [-0.2, 0) is 6.18 Å². The fraction of sp³-hybridized carbons (Fsp3) is 0.0400. The number of pyridine rings is 1. The van der Waals surface area contributed by atoms with Gasteiger partial charge in [-0.2, -0.15) is 13.2 Å². The molecule has 180 valence electrons. The van der Waals surface area contributed by atoms with Crippen LogP contribution in [0.15, 0.2) is 66.9 Å². The van der Waals surface area contributed by atoms with E-state index in [1.165, 1.54) is 18.3 Å². The first kappa shape index (κ1) is 23.4. The molecular formula is C25H13ClF4N4O2. The number of aromatic nitrogens is 3. The van der Waals surface area contributed by atoms with E-state index in [1.54, 1.807) is 36.4 Å². The first-order valence-electron chi connectivity index (χ1n) is 10.3. The lowest BCUT2D eigenvalue weighted by Gasteiger charge is -2.14. The summed E-state index contributed by atoms with van der Waals surface area (Å²) in [4.78, 5) is 24.3. The normalized spacial score (nSPS) is 11.7. The number of nitrogens with zero attached hydrogens (tertiary/aromatic N) is 3. The number of benzene rings is 3. The van der Waals surface area contributed by atoms with Crippen LogP contribution in [0.2, 0.25) is 5.02 Å². The van der Waals surface area contributed by atoms with E-state index >= 15 is 0 Å². The number of hydrogen-bond acceptors (Lipinski definition) is 5. The zero-order valence-electron chi connectivity index (χ0n) is 17.9. The molecule has 0 aliphatic rings. The molecule has 0 bridgehead atoms. The summed E-state index contributed by atoms with van der Waals surface area (Å²) in [7, 11) is 0. The molecule has 0 amide bonds. The van der Waals surface area contributed by atoms with Gasteiger partial charge in [-0.05, 0) is 42.5 Å². The Morgan fingerprint density at radius 2 is 1.75 bits per heavy atom. The molecule has 0 spiro atoms. The molecule has 0 aliphatic heterocycles. The highest BCUT2D eigenvalue weighted by Crippen LogP contribution is 2.36. The van der Waals surface area contributed by atoms with Gasteiger partial charge in [-0.25, -0.2) is 24.1 Å². The van der Waals surface area contributed by atoms with Gasteiger partial charge in [0.15, 0.2) is 0 Å². The van der Waals surface area contributed by atoms with Gasteiger partial charge in [0, 0.05) is 27.0 Å². The smallest absolute Gasteiger partial charge is 0.417 e. The number of halogens is 5. The van der Waals surface area contributed by atoms with Gasteiger partial charge in [0.1, 0.15) is 16.9 Å². The number of alkyl halides is 3. The van der Waals surface area contributed by atoms with Gasteiger partial charge in [0.25, 0.3) is 0 Å². The maximum atomic E-state index is 14.6. The number of carbonyl (C=O) groups is 1. The highest BCUT2D eigenvalue weighted by atomic mass is 35.5. The van der Waals surface area contributed by atoms with Crippen molar-refractivity contribution in [2.24, 2.45) is 0 Å². The second-order valence-electron chi connectivity index (χ2n) is 7.75. The number of carboxylic acid groups (broad SMARTS) is 1. The predicted octanol–water partition coefficient (Wildman–Crippen LogP) is 7.10. The third-order valence-corrected chi connectivity index (χ3v) is 5.67. The quantitative estimate of drug-likeness (QED) is 0.197. The second-order valence-corrected chi connectivity index (χ2v) is 8.18. The van der Waals surface area contributed by atoms with E-state index in [0.717, 1.165) is 6.07 Å². The summed E-state index contributed by atoms with van der Waals surface area (Å²) < 4.78 is 54.7. The van der Waals surface area contributed by atoms with Crippen LogP contribution in [-0.4, -0.2) is 26.0 Å². The molecule has 0 atom stereocenters. The molecule has 5 aromatic rings. The highest BCUT2D eigenvalue weighted by molar-refractivity contribution is 6.31. The van der Waals surface area contributed by atoms with Crippen molar-refractivity contribution in [1.29, 1.82) is 0 Å². The lowest BCUT2D eigenvalue weighted by Crippen LogP contribution is -2.13.